The van der Waals surface area contributed by atoms with Gasteiger partial charge in [0.05, 0.1) is 12.2 Å². The Morgan fingerprint density at radius 2 is 1.83 bits per heavy atom. The summed E-state index contributed by atoms with van der Waals surface area (Å²) in [5, 5.41) is 0. The Balaban J connectivity index is 1.84. The van der Waals surface area contributed by atoms with Crippen molar-refractivity contribution in [2.24, 2.45) is 0 Å². The van der Waals surface area contributed by atoms with Crippen LogP contribution < -0.4 is 4.90 Å². The number of H-pyrrole nitrogens is 1. The summed E-state index contributed by atoms with van der Waals surface area (Å²) in [7, 11) is 0. The Labute approximate surface area is 142 Å². The molecule has 0 saturated heterocycles. The SMILES string of the molecule is CC(=O)c1c(C)[nH]c(C(=O)[C@@H](C)[NH+]2CCc3ccccc3C2)c1C. The minimum atomic E-state index is -0.130. The third-order valence-corrected chi connectivity index (χ3v) is 5.29. The molecule has 0 fully saturated rings. The highest BCUT2D eigenvalue weighted by atomic mass is 16.1. The van der Waals surface area contributed by atoms with Crippen molar-refractivity contribution in [3.8, 4) is 0 Å². The number of hydrogen-bond donors (Lipinski definition) is 2. The zero-order valence-corrected chi connectivity index (χ0v) is 14.8. The van der Waals surface area contributed by atoms with E-state index in [-0.39, 0.29) is 17.6 Å². The third kappa shape index (κ3) is 2.82. The van der Waals surface area contributed by atoms with Crippen LogP contribution in [-0.2, 0) is 13.0 Å². The van der Waals surface area contributed by atoms with Gasteiger partial charge in [0.15, 0.2) is 11.8 Å². The van der Waals surface area contributed by atoms with Crippen molar-refractivity contribution >= 4 is 11.6 Å². The highest BCUT2D eigenvalue weighted by Crippen LogP contribution is 2.20. The minimum absolute atomic E-state index is 0.00667. The number of carbonyl (C=O) groups excluding carboxylic acids is 2. The van der Waals surface area contributed by atoms with E-state index in [9.17, 15) is 9.59 Å². The van der Waals surface area contributed by atoms with E-state index in [1.54, 1.807) is 6.92 Å². The molecule has 3 rings (SSSR count). The first-order valence-corrected chi connectivity index (χ1v) is 8.55. The summed E-state index contributed by atoms with van der Waals surface area (Å²) < 4.78 is 0. The fourth-order valence-corrected chi connectivity index (χ4v) is 3.90. The number of quaternary nitrogens is 1. The zero-order chi connectivity index (χ0) is 17.4. The van der Waals surface area contributed by atoms with Crippen LogP contribution in [0.1, 0.15) is 57.1 Å². The first-order valence-electron chi connectivity index (χ1n) is 8.55. The number of carbonyl (C=O) groups is 2. The number of fused-ring (bicyclic) bond motifs is 1. The van der Waals surface area contributed by atoms with Crippen LogP contribution in [0, 0.1) is 13.8 Å². The van der Waals surface area contributed by atoms with E-state index in [0.717, 1.165) is 30.8 Å². The van der Waals surface area contributed by atoms with Gasteiger partial charge in [-0.25, -0.2) is 0 Å². The van der Waals surface area contributed by atoms with Crippen LogP contribution in [0.2, 0.25) is 0 Å². The molecular weight excluding hydrogens is 300 g/mol. The molecule has 1 unspecified atom stereocenters. The first-order chi connectivity index (χ1) is 11.4. The smallest absolute Gasteiger partial charge is 0.235 e. The molecule has 0 aliphatic carbocycles. The maximum Gasteiger partial charge on any atom is 0.235 e. The number of aromatic nitrogens is 1. The summed E-state index contributed by atoms with van der Waals surface area (Å²) in [5.74, 6) is 0.102. The van der Waals surface area contributed by atoms with Crippen molar-refractivity contribution in [1.29, 1.82) is 0 Å². The molecule has 2 heterocycles. The Kier molecular flexibility index (Phi) is 4.41. The largest absolute Gasteiger partial charge is 0.355 e. The predicted molar refractivity (Wildman–Crippen MR) is 93.7 cm³/mol. The molecule has 0 radical (unpaired) electrons. The van der Waals surface area contributed by atoms with Gasteiger partial charge in [0.2, 0.25) is 5.78 Å². The van der Waals surface area contributed by atoms with E-state index >= 15 is 0 Å². The summed E-state index contributed by atoms with van der Waals surface area (Å²) in [4.78, 5) is 29.2. The van der Waals surface area contributed by atoms with Crippen LogP contribution in [-0.4, -0.2) is 29.1 Å². The van der Waals surface area contributed by atoms with E-state index in [1.807, 2.05) is 20.8 Å². The van der Waals surface area contributed by atoms with Crippen LogP contribution in [0.5, 0.6) is 0 Å². The molecule has 1 aromatic heterocycles. The molecule has 0 saturated carbocycles. The molecule has 1 aliphatic rings. The van der Waals surface area contributed by atoms with Gasteiger partial charge in [0.25, 0.3) is 0 Å². The molecule has 2 atom stereocenters. The quantitative estimate of drug-likeness (QED) is 0.845. The molecular formula is C20H25N2O2+. The van der Waals surface area contributed by atoms with Gasteiger partial charge in [-0.1, -0.05) is 24.3 Å². The predicted octanol–water partition coefficient (Wildman–Crippen LogP) is 2.05. The van der Waals surface area contributed by atoms with Crippen LogP contribution in [0.4, 0.5) is 0 Å². The summed E-state index contributed by atoms with van der Waals surface area (Å²) >= 11 is 0. The third-order valence-electron chi connectivity index (χ3n) is 5.29. The zero-order valence-electron chi connectivity index (χ0n) is 14.8. The summed E-state index contributed by atoms with van der Waals surface area (Å²) in [6.45, 7) is 9.10. The molecule has 4 heteroatoms. The maximum absolute atomic E-state index is 13.0. The molecule has 2 aromatic rings. The minimum Gasteiger partial charge on any atom is -0.355 e. The lowest BCUT2D eigenvalue weighted by Gasteiger charge is -2.30. The maximum atomic E-state index is 13.0. The molecule has 24 heavy (non-hydrogen) atoms. The van der Waals surface area contributed by atoms with Crippen molar-refractivity contribution in [2.45, 2.75) is 46.7 Å². The van der Waals surface area contributed by atoms with E-state index in [0.29, 0.717) is 11.3 Å². The van der Waals surface area contributed by atoms with Crippen molar-refractivity contribution in [3.63, 3.8) is 0 Å². The average Bonchev–Trinajstić information content (AvgIpc) is 2.87. The lowest BCUT2D eigenvalue weighted by atomic mass is 9.96. The molecule has 126 valence electrons. The van der Waals surface area contributed by atoms with Gasteiger partial charge in [-0.15, -0.1) is 0 Å². The number of benzene rings is 1. The number of nitrogens with one attached hydrogen (secondary N) is 2. The van der Waals surface area contributed by atoms with Crippen molar-refractivity contribution in [1.82, 2.24) is 4.98 Å². The van der Waals surface area contributed by atoms with Crippen LogP contribution in [0.15, 0.2) is 24.3 Å². The molecule has 1 aliphatic heterocycles. The highest BCUT2D eigenvalue weighted by molar-refractivity contribution is 6.04. The van der Waals surface area contributed by atoms with Crippen LogP contribution in [0.25, 0.3) is 0 Å². The normalized spacial score (nSPS) is 18.1. The Hall–Kier alpha value is -2.20. The van der Waals surface area contributed by atoms with Gasteiger partial charge in [-0.05, 0) is 38.8 Å². The van der Waals surface area contributed by atoms with E-state index in [1.165, 1.54) is 16.0 Å². The van der Waals surface area contributed by atoms with Crippen LogP contribution in [0.3, 0.4) is 0 Å². The summed E-state index contributed by atoms with van der Waals surface area (Å²) in [5.41, 5.74) is 5.55. The second-order valence-electron chi connectivity index (χ2n) is 6.87. The van der Waals surface area contributed by atoms with Crippen molar-refractivity contribution in [3.05, 3.63) is 57.9 Å². The number of hydrogen-bond acceptors (Lipinski definition) is 2. The van der Waals surface area contributed by atoms with E-state index < -0.39 is 0 Å². The lowest BCUT2D eigenvalue weighted by Crippen LogP contribution is -3.16. The van der Waals surface area contributed by atoms with Gasteiger partial charge < -0.3 is 9.88 Å². The Morgan fingerprint density at radius 3 is 2.46 bits per heavy atom. The van der Waals surface area contributed by atoms with Gasteiger partial charge in [0, 0.05) is 23.2 Å². The molecule has 1 aromatic carbocycles. The second kappa shape index (κ2) is 6.36. The molecule has 4 nitrogen and oxygen atoms in total. The number of aryl methyl sites for hydroxylation is 1. The fourth-order valence-electron chi connectivity index (χ4n) is 3.90. The number of aromatic amines is 1. The lowest BCUT2D eigenvalue weighted by molar-refractivity contribution is -0.929. The van der Waals surface area contributed by atoms with Gasteiger partial charge in [0.1, 0.15) is 6.54 Å². The monoisotopic (exact) mass is 325 g/mol. The van der Waals surface area contributed by atoms with E-state index in [2.05, 4.69) is 29.2 Å². The fraction of sp³-hybridized carbons (Fsp3) is 0.400. The molecule has 0 spiro atoms. The van der Waals surface area contributed by atoms with Gasteiger partial charge in [-0.3, -0.25) is 9.59 Å². The van der Waals surface area contributed by atoms with Crippen LogP contribution >= 0.6 is 0 Å². The molecule has 0 bridgehead atoms. The molecule has 0 amide bonds. The first kappa shape index (κ1) is 16.7. The second-order valence-corrected chi connectivity index (χ2v) is 6.87. The van der Waals surface area contributed by atoms with Gasteiger partial charge >= 0.3 is 0 Å². The Bertz CT molecular complexity index is 804. The van der Waals surface area contributed by atoms with Crippen molar-refractivity contribution in [2.75, 3.05) is 6.54 Å². The highest BCUT2D eigenvalue weighted by Gasteiger charge is 2.32. The summed E-state index contributed by atoms with van der Waals surface area (Å²) in [6, 6.07) is 8.34. The number of rotatable bonds is 4. The number of ketones is 2. The average molecular weight is 325 g/mol. The molecule has 2 N–H and O–H groups in total. The van der Waals surface area contributed by atoms with E-state index in [4.69, 9.17) is 0 Å². The Morgan fingerprint density at radius 1 is 1.17 bits per heavy atom. The van der Waals surface area contributed by atoms with Crippen molar-refractivity contribution < 1.29 is 14.5 Å². The summed E-state index contributed by atoms with van der Waals surface area (Å²) in [6.07, 6.45) is 1.00. The van der Waals surface area contributed by atoms with Gasteiger partial charge in [-0.2, -0.15) is 0 Å². The topological polar surface area (TPSA) is 54.4 Å². The standard InChI is InChI=1S/C20H24N2O2/c1-12-18(15(4)23)13(2)21-19(12)20(24)14(3)22-10-9-16-7-5-6-8-17(16)11-22/h5-8,14,21H,9-11H2,1-4H3/p+1/t14-/m1/s1. The number of Topliss-reactive ketones (excluding diaryl/α,β-unsaturated/α-hetero) is 2.